The standard InChI is InChI=1S/C16H20N2O2/c1-17-16(11-19)7-6-14(10-16)20-13-5-4-12-3-2-8-18-15(12)9-13/h2-5,8-9,14,17,19H,6-7,10-11H2,1H3. The maximum absolute atomic E-state index is 9.51. The van der Waals surface area contributed by atoms with Crippen LogP contribution in [0.1, 0.15) is 19.3 Å². The van der Waals surface area contributed by atoms with E-state index in [4.69, 9.17) is 4.74 Å². The van der Waals surface area contributed by atoms with Crippen LogP contribution in [0.4, 0.5) is 0 Å². The van der Waals surface area contributed by atoms with E-state index >= 15 is 0 Å². The number of likely N-dealkylation sites (N-methyl/N-ethyl adjacent to an activating group) is 1. The number of hydrogen-bond donors (Lipinski definition) is 2. The number of fused-ring (bicyclic) bond motifs is 1. The Morgan fingerprint density at radius 1 is 1.45 bits per heavy atom. The van der Waals surface area contributed by atoms with E-state index in [2.05, 4.69) is 10.3 Å². The SMILES string of the molecule is CNC1(CO)CCC(Oc2ccc3cccnc3c2)C1. The van der Waals surface area contributed by atoms with Gasteiger partial charge in [-0.1, -0.05) is 6.07 Å². The number of nitrogens with zero attached hydrogens (tertiary/aromatic N) is 1. The van der Waals surface area contributed by atoms with Crippen LogP contribution >= 0.6 is 0 Å². The van der Waals surface area contributed by atoms with Crippen molar-refractivity contribution in [2.75, 3.05) is 13.7 Å². The zero-order valence-corrected chi connectivity index (χ0v) is 11.7. The Labute approximate surface area is 118 Å². The third-order valence-corrected chi connectivity index (χ3v) is 4.28. The normalized spacial score (nSPS) is 26.0. The van der Waals surface area contributed by atoms with E-state index in [1.807, 2.05) is 37.4 Å². The lowest BCUT2D eigenvalue weighted by Crippen LogP contribution is -2.44. The van der Waals surface area contributed by atoms with Crippen molar-refractivity contribution >= 4 is 10.9 Å². The quantitative estimate of drug-likeness (QED) is 0.895. The molecule has 20 heavy (non-hydrogen) atoms. The van der Waals surface area contributed by atoms with E-state index in [1.165, 1.54) is 0 Å². The van der Waals surface area contributed by atoms with Crippen molar-refractivity contribution < 1.29 is 9.84 Å². The number of aromatic nitrogens is 1. The molecule has 1 saturated carbocycles. The molecule has 4 heteroatoms. The maximum Gasteiger partial charge on any atom is 0.121 e. The van der Waals surface area contributed by atoms with Gasteiger partial charge in [-0.2, -0.15) is 0 Å². The second-order valence-corrected chi connectivity index (χ2v) is 5.53. The van der Waals surface area contributed by atoms with Gasteiger partial charge >= 0.3 is 0 Å². The highest BCUT2D eigenvalue weighted by molar-refractivity contribution is 5.79. The minimum Gasteiger partial charge on any atom is -0.490 e. The van der Waals surface area contributed by atoms with E-state index in [0.29, 0.717) is 0 Å². The number of aliphatic hydroxyl groups excluding tert-OH is 1. The first-order valence-electron chi connectivity index (χ1n) is 7.06. The van der Waals surface area contributed by atoms with Gasteiger partial charge in [-0.3, -0.25) is 4.98 Å². The lowest BCUT2D eigenvalue weighted by molar-refractivity contribution is 0.146. The highest BCUT2D eigenvalue weighted by Gasteiger charge is 2.38. The summed E-state index contributed by atoms with van der Waals surface area (Å²) >= 11 is 0. The van der Waals surface area contributed by atoms with Gasteiger partial charge in [-0.05, 0) is 38.1 Å². The van der Waals surface area contributed by atoms with Gasteiger partial charge in [0, 0.05) is 29.6 Å². The number of hydrogen-bond acceptors (Lipinski definition) is 4. The Balaban J connectivity index is 1.74. The molecule has 106 valence electrons. The van der Waals surface area contributed by atoms with E-state index < -0.39 is 0 Å². The van der Waals surface area contributed by atoms with Gasteiger partial charge in [-0.25, -0.2) is 0 Å². The summed E-state index contributed by atoms with van der Waals surface area (Å²) in [5.41, 5.74) is 0.768. The van der Waals surface area contributed by atoms with Crippen molar-refractivity contribution in [1.82, 2.24) is 10.3 Å². The van der Waals surface area contributed by atoms with Crippen LogP contribution in [-0.2, 0) is 0 Å². The van der Waals surface area contributed by atoms with E-state index in [0.717, 1.165) is 35.9 Å². The molecule has 1 fully saturated rings. The molecule has 0 bridgehead atoms. The second kappa shape index (κ2) is 5.38. The molecule has 0 aliphatic heterocycles. The Morgan fingerprint density at radius 3 is 3.10 bits per heavy atom. The zero-order chi connectivity index (χ0) is 14.0. The van der Waals surface area contributed by atoms with E-state index in [1.54, 1.807) is 6.20 Å². The van der Waals surface area contributed by atoms with E-state index in [-0.39, 0.29) is 18.2 Å². The minimum atomic E-state index is -0.181. The fourth-order valence-corrected chi connectivity index (χ4v) is 2.94. The van der Waals surface area contributed by atoms with Crippen molar-refractivity contribution in [3.05, 3.63) is 36.5 Å². The lowest BCUT2D eigenvalue weighted by Gasteiger charge is -2.26. The van der Waals surface area contributed by atoms with Gasteiger partial charge in [0.15, 0.2) is 0 Å². The molecule has 0 saturated heterocycles. The van der Waals surface area contributed by atoms with Crippen LogP contribution in [0.2, 0.25) is 0 Å². The van der Waals surface area contributed by atoms with Crippen LogP contribution in [0.25, 0.3) is 10.9 Å². The third kappa shape index (κ3) is 2.49. The van der Waals surface area contributed by atoms with Crippen molar-refractivity contribution in [3.8, 4) is 5.75 Å². The van der Waals surface area contributed by atoms with Crippen LogP contribution in [0.3, 0.4) is 0 Å². The van der Waals surface area contributed by atoms with Gasteiger partial charge < -0.3 is 15.2 Å². The molecular formula is C16H20N2O2. The number of nitrogens with one attached hydrogen (secondary N) is 1. The van der Waals surface area contributed by atoms with Gasteiger partial charge in [0.1, 0.15) is 11.9 Å². The topological polar surface area (TPSA) is 54.4 Å². The van der Waals surface area contributed by atoms with E-state index in [9.17, 15) is 5.11 Å². The van der Waals surface area contributed by atoms with Crippen LogP contribution in [0.15, 0.2) is 36.5 Å². The summed E-state index contributed by atoms with van der Waals surface area (Å²) < 4.78 is 6.05. The monoisotopic (exact) mass is 272 g/mol. The van der Waals surface area contributed by atoms with Gasteiger partial charge in [0.25, 0.3) is 0 Å². The van der Waals surface area contributed by atoms with Crippen molar-refractivity contribution in [3.63, 3.8) is 0 Å². The van der Waals surface area contributed by atoms with Gasteiger partial charge in [-0.15, -0.1) is 0 Å². The molecule has 2 aromatic rings. The second-order valence-electron chi connectivity index (χ2n) is 5.53. The highest BCUT2D eigenvalue weighted by Crippen LogP contribution is 2.32. The molecule has 2 unspecified atom stereocenters. The fraction of sp³-hybridized carbons (Fsp3) is 0.438. The molecule has 1 aliphatic carbocycles. The summed E-state index contributed by atoms with van der Waals surface area (Å²) in [5.74, 6) is 0.853. The van der Waals surface area contributed by atoms with Crippen LogP contribution in [-0.4, -0.2) is 35.4 Å². The number of rotatable bonds is 4. The van der Waals surface area contributed by atoms with Crippen LogP contribution in [0, 0.1) is 0 Å². The summed E-state index contributed by atoms with van der Waals surface area (Å²) in [7, 11) is 1.90. The Bertz CT molecular complexity index is 596. The zero-order valence-electron chi connectivity index (χ0n) is 11.7. The van der Waals surface area contributed by atoms with Crippen molar-refractivity contribution in [2.24, 2.45) is 0 Å². The number of aliphatic hydroxyl groups is 1. The molecule has 1 aliphatic rings. The highest BCUT2D eigenvalue weighted by atomic mass is 16.5. The molecule has 3 rings (SSSR count). The Kier molecular flexibility index (Phi) is 3.59. The third-order valence-electron chi connectivity index (χ3n) is 4.28. The molecular weight excluding hydrogens is 252 g/mol. The Morgan fingerprint density at radius 2 is 2.35 bits per heavy atom. The minimum absolute atomic E-state index is 0.149. The molecule has 0 amide bonds. The largest absolute Gasteiger partial charge is 0.490 e. The average molecular weight is 272 g/mol. The first-order chi connectivity index (χ1) is 9.74. The molecule has 1 aromatic heterocycles. The smallest absolute Gasteiger partial charge is 0.121 e. The summed E-state index contributed by atoms with van der Waals surface area (Å²) in [6.45, 7) is 0.155. The molecule has 0 spiro atoms. The number of pyridine rings is 1. The molecule has 2 atom stereocenters. The molecule has 2 N–H and O–H groups in total. The summed E-state index contributed by atoms with van der Waals surface area (Å²) in [4.78, 5) is 4.35. The summed E-state index contributed by atoms with van der Waals surface area (Å²) in [5, 5.41) is 13.9. The summed E-state index contributed by atoms with van der Waals surface area (Å²) in [6, 6.07) is 9.97. The average Bonchev–Trinajstić information content (AvgIpc) is 2.91. The molecule has 1 heterocycles. The first kappa shape index (κ1) is 13.3. The number of benzene rings is 1. The lowest BCUT2D eigenvalue weighted by atomic mass is 9.99. The van der Waals surface area contributed by atoms with Crippen LogP contribution in [0.5, 0.6) is 5.75 Å². The van der Waals surface area contributed by atoms with Gasteiger partial charge in [0.2, 0.25) is 0 Å². The maximum atomic E-state index is 9.51. The fourth-order valence-electron chi connectivity index (χ4n) is 2.94. The van der Waals surface area contributed by atoms with Crippen molar-refractivity contribution in [1.29, 1.82) is 0 Å². The first-order valence-corrected chi connectivity index (χ1v) is 7.06. The van der Waals surface area contributed by atoms with Crippen LogP contribution < -0.4 is 10.1 Å². The predicted molar refractivity (Wildman–Crippen MR) is 78.9 cm³/mol. The molecule has 4 nitrogen and oxygen atoms in total. The predicted octanol–water partition coefficient (Wildman–Crippen LogP) is 2.12. The van der Waals surface area contributed by atoms with Gasteiger partial charge in [0.05, 0.1) is 12.1 Å². The van der Waals surface area contributed by atoms with Crippen molar-refractivity contribution in [2.45, 2.75) is 30.9 Å². The molecule has 0 radical (unpaired) electrons. The Hall–Kier alpha value is -1.65. The summed E-state index contributed by atoms with van der Waals surface area (Å²) in [6.07, 6.45) is 4.67. The molecule has 1 aromatic carbocycles. The number of ether oxygens (including phenoxy) is 1.